The molecule has 116 valence electrons. The predicted octanol–water partition coefficient (Wildman–Crippen LogP) is 1.87. The molecular formula is C16H18ClN3O2. The fraction of sp³-hybridized carbons (Fsp3) is 0.375. The smallest absolute Gasteiger partial charge is 0.134 e. The Hall–Kier alpha value is -1.69. The number of phenolic OH excluding ortho intramolecular Hbond substituents is 1. The Balaban J connectivity index is 1.64. The van der Waals surface area contributed by atoms with E-state index < -0.39 is 6.10 Å². The number of hydrogen-bond acceptors (Lipinski definition) is 5. The summed E-state index contributed by atoms with van der Waals surface area (Å²) in [5, 5.41) is 20.3. The van der Waals surface area contributed by atoms with Gasteiger partial charge in [-0.05, 0) is 18.1 Å². The molecule has 22 heavy (non-hydrogen) atoms. The van der Waals surface area contributed by atoms with Gasteiger partial charge < -0.3 is 10.2 Å². The summed E-state index contributed by atoms with van der Waals surface area (Å²) in [4.78, 5) is 10.5. The number of nitrogens with zero attached hydrogens (tertiary/aromatic N) is 3. The summed E-state index contributed by atoms with van der Waals surface area (Å²) in [6.07, 6.45) is 5.37. The fourth-order valence-corrected chi connectivity index (χ4v) is 3.09. The zero-order valence-electron chi connectivity index (χ0n) is 12.1. The van der Waals surface area contributed by atoms with Crippen molar-refractivity contribution in [3.63, 3.8) is 0 Å². The number of aliphatic hydroxyl groups is 1. The van der Waals surface area contributed by atoms with E-state index >= 15 is 0 Å². The van der Waals surface area contributed by atoms with Crippen LogP contribution < -0.4 is 0 Å². The van der Waals surface area contributed by atoms with Gasteiger partial charge in [0.25, 0.3) is 0 Å². The summed E-state index contributed by atoms with van der Waals surface area (Å²) < 4.78 is 0. The molecule has 1 aromatic heterocycles. The molecule has 6 heteroatoms. The van der Waals surface area contributed by atoms with Gasteiger partial charge in [-0.1, -0.05) is 23.7 Å². The first-order valence-electron chi connectivity index (χ1n) is 7.25. The van der Waals surface area contributed by atoms with E-state index in [1.165, 1.54) is 0 Å². The molecule has 0 aliphatic carbocycles. The first-order valence-corrected chi connectivity index (χ1v) is 7.63. The minimum Gasteiger partial charge on any atom is -0.506 e. The van der Waals surface area contributed by atoms with Gasteiger partial charge in [-0.25, -0.2) is 0 Å². The van der Waals surface area contributed by atoms with Crippen LogP contribution in [0.4, 0.5) is 0 Å². The van der Waals surface area contributed by atoms with Crippen molar-refractivity contribution >= 4 is 11.6 Å². The highest BCUT2D eigenvalue weighted by Gasteiger charge is 2.31. The summed E-state index contributed by atoms with van der Waals surface area (Å²) in [5.74, 6) is 0.225. The van der Waals surface area contributed by atoms with Crippen molar-refractivity contribution in [2.75, 3.05) is 13.1 Å². The van der Waals surface area contributed by atoms with E-state index in [2.05, 4.69) is 14.9 Å². The Labute approximate surface area is 134 Å². The van der Waals surface area contributed by atoms with Gasteiger partial charge in [0.2, 0.25) is 0 Å². The molecule has 1 fully saturated rings. The Morgan fingerprint density at radius 1 is 1.27 bits per heavy atom. The minimum atomic E-state index is -0.391. The van der Waals surface area contributed by atoms with Crippen LogP contribution in [0.1, 0.15) is 11.3 Å². The lowest BCUT2D eigenvalue weighted by Gasteiger charge is -2.16. The molecule has 0 spiro atoms. The van der Waals surface area contributed by atoms with Crippen LogP contribution in [0, 0.1) is 5.92 Å². The van der Waals surface area contributed by atoms with Gasteiger partial charge in [-0.15, -0.1) is 0 Å². The van der Waals surface area contributed by atoms with E-state index in [1.54, 1.807) is 30.7 Å². The summed E-state index contributed by atoms with van der Waals surface area (Å²) >= 11 is 6.12. The molecule has 2 atom stereocenters. The minimum absolute atomic E-state index is 0.0926. The predicted molar refractivity (Wildman–Crippen MR) is 83.6 cm³/mol. The Morgan fingerprint density at radius 2 is 2.14 bits per heavy atom. The van der Waals surface area contributed by atoms with Crippen molar-refractivity contribution in [3.05, 3.63) is 53.1 Å². The second-order valence-corrected chi connectivity index (χ2v) is 6.05. The highest BCUT2D eigenvalue weighted by Crippen LogP contribution is 2.29. The maximum absolute atomic E-state index is 10.3. The van der Waals surface area contributed by atoms with Crippen molar-refractivity contribution in [2.45, 2.75) is 19.1 Å². The molecule has 1 aliphatic heterocycles. The number of benzene rings is 1. The third-order valence-electron chi connectivity index (χ3n) is 4.02. The van der Waals surface area contributed by atoms with E-state index in [9.17, 15) is 10.2 Å². The van der Waals surface area contributed by atoms with E-state index in [0.717, 1.165) is 17.8 Å². The lowest BCUT2D eigenvalue weighted by molar-refractivity contribution is 0.140. The Kier molecular flexibility index (Phi) is 4.57. The van der Waals surface area contributed by atoms with Crippen LogP contribution in [-0.2, 0) is 13.0 Å². The number of likely N-dealkylation sites (tertiary alicyclic amines) is 1. The number of aromatic hydroxyl groups is 1. The average molecular weight is 320 g/mol. The molecule has 2 N–H and O–H groups in total. The van der Waals surface area contributed by atoms with Crippen LogP contribution in [0.25, 0.3) is 0 Å². The quantitative estimate of drug-likeness (QED) is 0.900. The lowest BCUT2D eigenvalue weighted by Crippen LogP contribution is -2.21. The zero-order valence-corrected chi connectivity index (χ0v) is 12.8. The fourth-order valence-electron chi connectivity index (χ4n) is 2.90. The topological polar surface area (TPSA) is 69.5 Å². The van der Waals surface area contributed by atoms with Gasteiger partial charge in [-0.2, -0.15) is 0 Å². The SMILES string of the molecule is Oc1cccc(CN2C[C@@H](Cc3cnccn3)[C@H](O)C2)c1Cl. The summed E-state index contributed by atoms with van der Waals surface area (Å²) in [7, 11) is 0. The van der Waals surface area contributed by atoms with Gasteiger partial charge in [-0.3, -0.25) is 14.9 Å². The van der Waals surface area contributed by atoms with Gasteiger partial charge in [0.15, 0.2) is 0 Å². The number of rotatable bonds is 4. The molecule has 1 aromatic carbocycles. The summed E-state index contributed by atoms with van der Waals surface area (Å²) in [6, 6.07) is 5.24. The molecule has 0 bridgehead atoms. The van der Waals surface area contributed by atoms with Gasteiger partial charge >= 0.3 is 0 Å². The normalized spacial score (nSPS) is 22.1. The van der Waals surface area contributed by atoms with Crippen molar-refractivity contribution in [3.8, 4) is 5.75 Å². The molecule has 2 heterocycles. The number of halogens is 1. The number of aliphatic hydroxyl groups excluding tert-OH is 1. The summed E-state index contributed by atoms with van der Waals surface area (Å²) in [5.41, 5.74) is 1.76. The second kappa shape index (κ2) is 6.60. The molecule has 0 unspecified atom stereocenters. The van der Waals surface area contributed by atoms with E-state index in [0.29, 0.717) is 24.5 Å². The van der Waals surface area contributed by atoms with Crippen molar-refractivity contribution in [1.82, 2.24) is 14.9 Å². The van der Waals surface area contributed by atoms with Crippen molar-refractivity contribution < 1.29 is 10.2 Å². The maximum atomic E-state index is 10.3. The Morgan fingerprint density at radius 3 is 2.91 bits per heavy atom. The van der Waals surface area contributed by atoms with Crippen LogP contribution in [0.2, 0.25) is 5.02 Å². The third kappa shape index (κ3) is 3.38. The van der Waals surface area contributed by atoms with Crippen LogP contribution in [0.3, 0.4) is 0 Å². The standard InChI is InChI=1S/C16H18ClN3O2/c17-16-11(2-1-3-14(16)21)8-20-9-12(15(22)10-20)6-13-7-18-4-5-19-13/h1-5,7,12,15,21-22H,6,8-10H2/t12-,15-/m1/s1. The number of β-amino-alcohol motifs (C(OH)–C–C–N with tert-alkyl or cyclic N) is 1. The largest absolute Gasteiger partial charge is 0.506 e. The van der Waals surface area contributed by atoms with Gasteiger partial charge in [0.1, 0.15) is 5.75 Å². The number of hydrogen-bond donors (Lipinski definition) is 2. The molecule has 0 amide bonds. The van der Waals surface area contributed by atoms with E-state index in [-0.39, 0.29) is 11.7 Å². The molecule has 1 saturated heterocycles. The second-order valence-electron chi connectivity index (χ2n) is 5.67. The van der Waals surface area contributed by atoms with E-state index in [1.807, 2.05) is 6.07 Å². The van der Waals surface area contributed by atoms with Crippen LogP contribution in [-0.4, -0.2) is 44.3 Å². The van der Waals surface area contributed by atoms with Crippen LogP contribution in [0.5, 0.6) is 5.75 Å². The molecule has 0 radical (unpaired) electrons. The lowest BCUT2D eigenvalue weighted by atomic mass is 10.0. The molecule has 1 aliphatic rings. The van der Waals surface area contributed by atoms with Gasteiger partial charge in [0.05, 0.1) is 16.8 Å². The average Bonchev–Trinajstić information content (AvgIpc) is 2.85. The monoisotopic (exact) mass is 319 g/mol. The molecular weight excluding hydrogens is 302 g/mol. The third-order valence-corrected chi connectivity index (χ3v) is 4.46. The highest BCUT2D eigenvalue weighted by molar-refractivity contribution is 6.32. The van der Waals surface area contributed by atoms with Crippen LogP contribution in [0.15, 0.2) is 36.8 Å². The molecule has 2 aromatic rings. The molecule has 0 saturated carbocycles. The first-order chi connectivity index (χ1) is 10.6. The van der Waals surface area contributed by atoms with Gasteiger partial charge in [0, 0.05) is 44.1 Å². The molecule has 3 rings (SSSR count). The Bertz CT molecular complexity index is 639. The maximum Gasteiger partial charge on any atom is 0.134 e. The summed E-state index contributed by atoms with van der Waals surface area (Å²) in [6.45, 7) is 1.97. The van der Waals surface area contributed by atoms with Crippen LogP contribution >= 0.6 is 11.6 Å². The number of phenols is 1. The first kappa shape index (κ1) is 15.2. The molecule has 5 nitrogen and oxygen atoms in total. The van der Waals surface area contributed by atoms with E-state index in [4.69, 9.17) is 11.6 Å². The number of aromatic nitrogens is 2. The van der Waals surface area contributed by atoms with Crippen molar-refractivity contribution in [2.24, 2.45) is 5.92 Å². The zero-order chi connectivity index (χ0) is 15.5. The highest BCUT2D eigenvalue weighted by atomic mass is 35.5. The van der Waals surface area contributed by atoms with Crippen molar-refractivity contribution in [1.29, 1.82) is 0 Å².